The molecule has 1 amide bonds. The molecule has 0 radical (unpaired) electrons. The number of hydrogen-bond acceptors (Lipinski definition) is 4. The molecule has 0 bridgehead atoms. The number of anilines is 1. The third-order valence-corrected chi connectivity index (χ3v) is 5.07. The smallest absolute Gasteiger partial charge is 0.407 e. The standard InChI is InChI=1S/C18H28N4O2/c1-19-9-11-20(12-10-19)15-16-3-5-17(6-4-16)21-7-2-8-22(14-13-21)18(23)24/h3-6H,2,7-15H2,1H3,(H,23,24). The van der Waals surface area contributed by atoms with Crippen LogP contribution in [0, 0.1) is 0 Å². The molecule has 6 nitrogen and oxygen atoms in total. The van der Waals surface area contributed by atoms with Gasteiger partial charge in [-0.3, -0.25) is 4.90 Å². The summed E-state index contributed by atoms with van der Waals surface area (Å²) in [6.07, 6.45) is 0.0781. The first-order chi connectivity index (χ1) is 11.6. The lowest BCUT2D eigenvalue weighted by atomic mass is 10.1. The average molecular weight is 332 g/mol. The highest BCUT2D eigenvalue weighted by molar-refractivity contribution is 5.65. The van der Waals surface area contributed by atoms with Gasteiger partial charge >= 0.3 is 6.09 Å². The van der Waals surface area contributed by atoms with Gasteiger partial charge in [0.2, 0.25) is 0 Å². The van der Waals surface area contributed by atoms with E-state index in [9.17, 15) is 4.79 Å². The van der Waals surface area contributed by atoms with E-state index < -0.39 is 6.09 Å². The van der Waals surface area contributed by atoms with Crippen molar-refractivity contribution in [1.29, 1.82) is 0 Å². The van der Waals surface area contributed by atoms with E-state index >= 15 is 0 Å². The van der Waals surface area contributed by atoms with E-state index in [2.05, 4.69) is 46.0 Å². The minimum atomic E-state index is -0.806. The fraction of sp³-hybridized carbons (Fsp3) is 0.611. The molecule has 0 atom stereocenters. The first-order valence-electron chi connectivity index (χ1n) is 8.84. The van der Waals surface area contributed by atoms with Crippen molar-refractivity contribution in [2.75, 3.05) is 64.3 Å². The molecule has 0 unspecified atom stereocenters. The first-order valence-corrected chi connectivity index (χ1v) is 8.84. The van der Waals surface area contributed by atoms with Crippen LogP contribution in [-0.2, 0) is 6.54 Å². The maximum Gasteiger partial charge on any atom is 0.407 e. The van der Waals surface area contributed by atoms with E-state index in [0.29, 0.717) is 13.1 Å². The minimum absolute atomic E-state index is 0.582. The predicted octanol–water partition coefficient (Wildman–Crippen LogP) is 1.62. The van der Waals surface area contributed by atoms with Crippen LogP contribution < -0.4 is 4.90 Å². The van der Waals surface area contributed by atoms with E-state index in [1.807, 2.05) is 0 Å². The van der Waals surface area contributed by atoms with Crippen molar-refractivity contribution in [3.05, 3.63) is 29.8 Å². The van der Waals surface area contributed by atoms with Crippen LogP contribution in [0.3, 0.4) is 0 Å². The summed E-state index contributed by atoms with van der Waals surface area (Å²) in [7, 11) is 2.18. The van der Waals surface area contributed by atoms with E-state index in [4.69, 9.17) is 5.11 Å². The zero-order chi connectivity index (χ0) is 16.9. The number of benzene rings is 1. The summed E-state index contributed by atoms with van der Waals surface area (Å²) in [6.45, 7) is 8.47. The third kappa shape index (κ3) is 4.39. The molecule has 0 aliphatic carbocycles. The van der Waals surface area contributed by atoms with Gasteiger partial charge in [-0.1, -0.05) is 12.1 Å². The fourth-order valence-corrected chi connectivity index (χ4v) is 3.44. The molecule has 24 heavy (non-hydrogen) atoms. The molecule has 3 rings (SSSR count). The van der Waals surface area contributed by atoms with Gasteiger partial charge in [0.25, 0.3) is 0 Å². The van der Waals surface area contributed by atoms with Crippen LogP contribution in [0.5, 0.6) is 0 Å². The summed E-state index contributed by atoms with van der Waals surface area (Å²) in [5.74, 6) is 0. The summed E-state index contributed by atoms with van der Waals surface area (Å²) < 4.78 is 0. The van der Waals surface area contributed by atoms with Crippen LogP contribution in [0.25, 0.3) is 0 Å². The quantitative estimate of drug-likeness (QED) is 0.912. The molecule has 0 saturated carbocycles. The van der Waals surface area contributed by atoms with Crippen LogP contribution >= 0.6 is 0 Å². The fourth-order valence-electron chi connectivity index (χ4n) is 3.44. The van der Waals surface area contributed by atoms with Crippen molar-refractivity contribution in [2.45, 2.75) is 13.0 Å². The Morgan fingerprint density at radius 1 is 0.958 bits per heavy atom. The number of hydrogen-bond donors (Lipinski definition) is 1. The van der Waals surface area contributed by atoms with Crippen molar-refractivity contribution in [3.8, 4) is 0 Å². The number of amides is 1. The minimum Gasteiger partial charge on any atom is -0.465 e. The van der Waals surface area contributed by atoms with E-state index in [-0.39, 0.29) is 0 Å². The van der Waals surface area contributed by atoms with Crippen LogP contribution in [0.2, 0.25) is 0 Å². The van der Waals surface area contributed by atoms with Crippen molar-refractivity contribution < 1.29 is 9.90 Å². The largest absolute Gasteiger partial charge is 0.465 e. The molecule has 1 aromatic rings. The Morgan fingerprint density at radius 3 is 2.33 bits per heavy atom. The summed E-state index contributed by atoms with van der Waals surface area (Å²) in [4.78, 5) is 19.8. The molecular formula is C18H28N4O2. The van der Waals surface area contributed by atoms with Crippen molar-refractivity contribution in [2.24, 2.45) is 0 Å². The highest BCUT2D eigenvalue weighted by Gasteiger charge is 2.18. The van der Waals surface area contributed by atoms with E-state index in [1.165, 1.54) is 16.2 Å². The number of nitrogens with zero attached hydrogens (tertiary/aromatic N) is 4. The predicted molar refractivity (Wildman–Crippen MR) is 95.6 cm³/mol. The van der Waals surface area contributed by atoms with Crippen molar-refractivity contribution in [3.63, 3.8) is 0 Å². The maximum absolute atomic E-state index is 11.1. The average Bonchev–Trinajstić information content (AvgIpc) is 2.84. The number of carboxylic acid groups (broad SMARTS) is 1. The summed E-state index contributed by atoms with van der Waals surface area (Å²) in [6, 6.07) is 8.80. The van der Waals surface area contributed by atoms with E-state index in [1.54, 1.807) is 0 Å². The highest BCUT2D eigenvalue weighted by Crippen LogP contribution is 2.18. The Morgan fingerprint density at radius 2 is 1.67 bits per heavy atom. The normalized spacial score (nSPS) is 20.9. The molecule has 1 aromatic carbocycles. The Bertz CT molecular complexity index is 540. The van der Waals surface area contributed by atoms with Gasteiger partial charge in [0, 0.05) is 64.6 Å². The molecular weight excluding hydrogens is 304 g/mol. The van der Waals surface area contributed by atoms with Gasteiger partial charge in [0.15, 0.2) is 0 Å². The number of likely N-dealkylation sites (N-methyl/N-ethyl adjacent to an activating group) is 1. The van der Waals surface area contributed by atoms with Gasteiger partial charge in [0.05, 0.1) is 0 Å². The topological polar surface area (TPSA) is 50.3 Å². The van der Waals surface area contributed by atoms with E-state index in [0.717, 1.165) is 52.2 Å². The monoisotopic (exact) mass is 332 g/mol. The molecule has 1 N–H and O–H groups in total. The van der Waals surface area contributed by atoms with Gasteiger partial charge in [-0.25, -0.2) is 4.79 Å². The van der Waals surface area contributed by atoms with Gasteiger partial charge in [-0.05, 0) is 31.2 Å². The second kappa shape index (κ2) is 7.85. The zero-order valence-electron chi connectivity index (χ0n) is 14.5. The van der Waals surface area contributed by atoms with Gasteiger partial charge in [-0.15, -0.1) is 0 Å². The van der Waals surface area contributed by atoms with Crippen LogP contribution in [0.1, 0.15) is 12.0 Å². The van der Waals surface area contributed by atoms with Gasteiger partial charge in [-0.2, -0.15) is 0 Å². The molecule has 2 aliphatic heterocycles. The lowest BCUT2D eigenvalue weighted by Gasteiger charge is -2.32. The summed E-state index contributed by atoms with van der Waals surface area (Å²) in [5, 5.41) is 9.13. The Kier molecular flexibility index (Phi) is 5.58. The third-order valence-electron chi connectivity index (χ3n) is 5.07. The summed E-state index contributed by atoms with van der Waals surface area (Å²) >= 11 is 0. The maximum atomic E-state index is 11.1. The SMILES string of the molecule is CN1CCN(Cc2ccc(N3CCCN(C(=O)O)CC3)cc2)CC1. The summed E-state index contributed by atoms with van der Waals surface area (Å²) in [5.41, 5.74) is 2.55. The van der Waals surface area contributed by atoms with Crippen molar-refractivity contribution >= 4 is 11.8 Å². The first kappa shape index (κ1) is 17.0. The molecule has 2 heterocycles. The lowest BCUT2D eigenvalue weighted by Crippen LogP contribution is -2.43. The molecule has 2 saturated heterocycles. The highest BCUT2D eigenvalue weighted by atomic mass is 16.4. The molecule has 0 spiro atoms. The second-order valence-electron chi connectivity index (χ2n) is 6.86. The molecule has 132 valence electrons. The Balaban J connectivity index is 1.55. The molecule has 2 aliphatic rings. The number of carbonyl (C=O) groups is 1. The van der Waals surface area contributed by atoms with Crippen LogP contribution in [0.4, 0.5) is 10.5 Å². The van der Waals surface area contributed by atoms with Gasteiger partial charge < -0.3 is 19.8 Å². The molecule has 2 fully saturated rings. The lowest BCUT2D eigenvalue weighted by molar-refractivity contribution is 0.148. The Labute approximate surface area is 144 Å². The van der Waals surface area contributed by atoms with Gasteiger partial charge in [0.1, 0.15) is 0 Å². The van der Waals surface area contributed by atoms with Crippen molar-refractivity contribution in [1.82, 2.24) is 14.7 Å². The number of rotatable bonds is 3. The van der Waals surface area contributed by atoms with Crippen LogP contribution in [-0.4, -0.2) is 85.3 Å². The van der Waals surface area contributed by atoms with Crippen LogP contribution in [0.15, 0.2) is 24.3 Å². The zero-order valence-corrected chi connectivity index (χ0v) is 14.5. The Hall–Kier alpha value is -1.79. The molecule has 0 aromatic heterocycles. The second-order valence-corrected chi connectivity index (χ2v) is 6.86. The number of piperazine rings is 1. The molecule has 6 heteroatoms.